The lowest BCUT2D eigenvalue weighted by Crippen LogP contribution is -2.05. The second-order valence-corrected chi connectivity index (χ2v) is 3.96. The van der Waals surface area contributed by atoms with Crippen molar-refractivity contribution in [2.75, 3.05) is 13.6 Å². The zero-order valence-corrected chi connectivity index (χ0v) is 9.47. The standard InChI is InChI=1S/C10H10N2O3S/c1-11-5-3-2-4-8-6-9(7-13)16-10(8)12(14)15/h6-7,11H,3,5H2,1H3. The van der Waals surface area contributed by atoms with E-state index in [1.54, 1.807) is 7.05 Å². The van der Waals surface area contributed by atoms with Gasteiger partial charge in [0.05, 0.1) is 9.80 Å². The minimum absolute atomic E-state index is 0.0703. The number of nitro groups is 1. The van der Waals surface area contributed by atoms with Gasteiger partial charge in [0, 0.05) is 13.0 Å². The summed E-state index contributed by atoms with van der Waals surface area (Å²) >= 11 is 0.846. The van der Waals surface area contributed by atoms with Gasteiger partial charge < -0.3 is 5.32 Å². The summed E-state index contributed by atoms with van der Waals surface area (Å²) in [6, 6.07) is 1.45. The van der Waals surface area contributed by atoms with Crippen LogP contribution >= 0.6 is 11.3 Å². The molecular weight excluding hydrogens is 228 g/mol. The molecule has 1 aromatic heterocycles. The van der Waals surface area contributed by atoms with Crippen LogP contribution in [0.5, 0.6) is 0 Å². The molecule has 0 unspecified atom stereocenters. The molecule has 1 aromatic rings. The molecule has 0 spiro atoms. The number of hydrogen-bond acceptors (Lipinski definition) is 5. The van der Waals surface area contributed by atoms with Crippen molar-refractivity contribution in [1.29, 1.82) is 0 Å². The molecule has 0 bridgehead atoms. The fraction of sp³-hybridized carbons (Fsp3) is 0.300. The lowest BCUT2D eigenvalue weighted by Gasteiger charge is -1.87. The largest absolute Gasteiger partial charge is 0.340 e. The van der Waals surface area contributed by atoms with Crippen molar-refractivity contribution in [2.24, 2.45) is 0 Å². The topological polar surface area (TPSA) is 72.2 Å². The van der Waals surface area contributed by atoms with Gasteiger partial charge in [-0.1, -0.05) is 23.2 Å². The second kappa shape index (κ2) is 6.00. The number of carbonyl (C=O) groups is 1. The molecule has 5 nitrogen and oxygen atoms in total. The summed E-state index contributed by atoms with van der Waals surface area (Å²) in [5.41, 5.74) is 0.313. The predicted octanol–water partition coefficient (Wildman–Crippen LogP) is 1.43. The van der Waals surface area contributed by atoms with Gasteiger partial charge in [-0.25, -0.2) is 0 Å². The number of aldehydes is 1. The van der Waals surface area contributed by atoms with Crippen LogP contribution in [0, 0.1) is 22.0 Å². The Morgan fingerprint density at radius 1 is 1.69 bits per heavy atom. The van der Waals surface area contributed by atoms with Gasteiger partial charge in [0.1, 0.15) is 5.56 Å². The van der Waals surface area contributed by atoms with Crippen LogP contribution in [0.4, 0.5) is 5.00 Å². The number of nitrogens with one attached hydrogen (secondary N) is 1. The van der Waals surface area contributed by atoms with Gasteiger partial charge in [0.2, 0.25) is 0 Å². The lowest BCUT2D eigenvalue weighted by atomic mass is 10.3. The van der Waals surface area contributed by atoms with Gasteiger partial charge in [0.25, 0.3) is 0 Å². The summed E-state index contributed by atoms with van der Waals surface area (Å²) in [6.07, 6.45) is 1.20. The molecule has 6 heteroatoms. The van der Waals surface area contributed by atoms with Gasteiger partial charge in [-0.3, -0.25) is 14.9 Å². The van der Waals surface area contributed by atoms with E-state index >= 15 is 0 Å². The minimum atomic E-state index is -0.514. The highest BCUT2D eigenvalue weighted by Gasteiger charge is 2.17. The van der Waals surface area contributed by atoms with Crippen molar-refractivity contribution >= 4 is 22.6 Å². The molecular formula is C10H10N2O3S. The molecule has 0 aliphatic heterocycles. The maximum absolute atomic E-state index is 10.7. The third-order valence-corrected chi connectivity index (χ3v) is 2.75. The third kappa shape index (κ3) is 3.15. The molecule has 0 radical (unpaired) electrons. The summed E-state index contributed by atoms with van der Waals surface area (Å²) < 4.78 is 0. The average Bonchev–Trinajstić information content (AvgIpc) is 2.68. The van der Waals surface area contributed by atoms with Crippen LogP contribution in [0.2, 0.25) is 0 Å². The van der Waals surface area contributed by atoms with Crippen LogP contribution in [0.15, 0.2) is 6.07 Å². The molecule has 1 heterocycles. The van der Waals surface area contributed by atoms with Crippen LogP contribution in [0.3, 0.4) is 0 Å². The first-order chi connectivity index (χ1) is 7.69. The lowest BCUT2D eigenvalue weighted by molar-refractivity contribution is -0.380. The molecule has 0 saturated heterocycles. The highest BCUT2D eigenvalue weighted by molar-refractivity contribution is 7.17. The van der Waals surface area contributed by atoms with Gasteiger partial charge in [-0.05, 0) is 13.1 Å². The molecule has 0 aliphatic carbocycles. The quantitative estimate of drug-likeness (QED) is 0.283. The van der Waals surface area contributed by atoms with Crippen molar-refractivity contribution in [2.45, 2.75) is 6.42 Å². The monoisotopic (exact) mass is 238 g/mol. The van der Waals surface area contributed by atoms with E-state index < -0.39 is 4.92 Å². The molecule has 0 atom stereocenters. The van der Waals surface area contributed by atoms with E-state index in [9.17, 15) is 14.9 Å². The first kappa shape index (κ1) is 12.4. The van der Waals surface area contributed by atoms with Crippen molar-refractivity contribution < 1.29 is 9.72 Å². The number of rotatable bonds is 4. The summed E-state index contributed by atoms with van der Waals surface area (Å²) in [6.45, 7) is 0.728. The van der Waals surface area contributed by atoms with Crippen molar-refractivity contribution in [1.82, 2.24) is 5.32 Å². The van der Waals surface area contributed by atoms with Crippen molar-refractivity contribution in [3.05, 3.63) is 26.6 Å². The second-order valence-electron chi connectivity index (χ2n) is 2.90. The van der Waals surface area contributed by atoms with Crippen molar-refractivity contribution in [3.8, 4) is 11.8 Å². The highest BCUT2D eigenvalue weighted by atomic mass is 32.1. The van der Waals surface area contributed by atoms with Crippen LogP contribution in [-0.4, -0.2) is 24.8 Å². The van der Waals surface area contributed by atoms with Gasteiger partial charge in [-0.2, -0.15) is 0 Å². The van der Waals surface area contributed by atoms with Gasteiger partial charge in [0.15, 0.2) is 6.29 Å². The maximum atomic E-state index is 10.7. The van der Waals surface area contributed by atoms with Crippen LogP contribution < -0.4 is 5.32 Å². The number of thiophene rings is 1. The summed E-state index contributed by atoms with van der Waals surface area (Å²) in [5.74, 6) is 5.51. The van der Waals surface area contributed by atoms with E-state index in [1.165, 1.54) is 6.07 Å². The Balaban J connectivity index is 2.91. The summed E-state index contributed by atoms with van der Waals surface area (Å²) in [7, 11) is 1.80. The average molecular weight is 238 g/mol. The Bertz CT molecular complexity index is 456. The zero-order valence-electron chi connectivity index (χ0n) is 8.65. The Morgan fingerprint density at radius 2 is 2.44 bits per heavy atom. The van der Waals surface area contributed by atoms with E-state index in [0.717, 1.165) is 17.9 Å². The molecule has 0 saturated carbocycles. The molecule has 0 aliphatic rings. The molecule has 16 heavy (non-hydrogen) atoms. The van der Waals surface area contributed by atoms with Crippen LogP contribution in [0.1, 0.15) is 21.7 Å². The Morgan fingerprint density at radius 3 is 3.00 bits per heavy atom. The summed E-state index contributed by atoms with van der Waals surface area (Å²) in [5, 5.41) is 13.5. The van der Waals surface area contributed by atoms with Crippen molar-refractivity contribution in [3.63, 3.8) is 0 Å². The van der Waals surface area contributed by atoms with Crippen LogP contribution in [-0.2, 0) is 0 Å². The number of nitrogens with zero attached hydrogens (tertiary/aromatic N) is 1. The molecule has 0 aromatic carbocycles. The smallest absolute Gasteiger partial charge is 0.319 e. The summed E-state index contributed by atoms with van der Waals surface area (Å²) in [4.78, 5) is 21.0. The molecule has 0 fully saturated rings. The third-order valence-electron chi connectivity index (χ3n) is 1.74. The minimum Gasteiger partial charge on any atom is -0.319 e. The normalized spacial score (nSPS) is 9.31. The Kier molecular flexibility index (Phi) is 4.64. The Hall–Kier alpha value is -1.71. The Labute approximate surface area is 96.6 Å². The first-order valence-electron chi connectivity index (χ1n) is 4.56. The van der Waals surface area contributed by atoms with E-state index in [4.69, 9.17) is 0 Å². The van der Waals surface area contributed by atoms with E-state index in [2.05, 4.69) is 17.2 Å². The predicted molar refractivity (Wildman–Crippen MR) is 61.8 cm³/mol. The molecule has 84 valence electrons. The van der Waals surface area contributed by atoms with E-state index in [1.807, 2.05) is 0 Å². The molecule has 0 amide bonds. The fourth-order valence-corrected chi connectivity index (χ4v) is 1.77. The zero-order chi connectivity index (χ0) is 12.0. The highest BCUT2D eigenvalue weighted by Crippen LogP contribution is 2.28. The SMILES string of the molecule is CNCCC#Cc1cc(C=O)sc1[N+](=O)[O-]. The molecule has 1 rings (SSSR count). The maximum Gasteiger partial charge on any atom is 0.340 e. The van der Waals surface area contributed by atoms with E-state index in [-0.39, 0.29) is 5.00 Å². The number of hydrogen-bond donors (Lipinski definition) is 1. The van der Waals surface area contributed by atoms with Gasteiger partial charge in [-0.15, -0.1) is 0 Å². The molecule has 1 N–H and O–H groups in total. The number of carbonyl (C=O) groups excluding carboxylic acids is 1. The fourth-order valence-electron chi connectivity index (χ4n) is 1.03. The van der Waals surface area contributed by atoms with Crippen LogP contribution in [0.25, 0.3) is 0 Å². The first-order valence-corrected chi connectivity index (χ1v) is 5.37. The van der Waals surface area contributed by atoms with Gasteiger partial charge >= 0.3 is 5.00 Å². The van der Waals surface area contributed by atoms with E-state index in [0.29, 0.717) is 23.1 Å².